The first kappa shape index (κ1) is 15.7. The maximum absolute atomic E-state index is 10.6. The molecule has 4 aliphatic carbocycles. The normalized spacial score (nSPS) is 52.0. The lowest BCUT2D eigenvalue weighted by Crippen LogP contribution is -2.49. The Kier molecular flexibility index (Phi) is 3.48. The number of allylic oxidation sites excluding steroid dienone is 3. The molecule has 4 rings (SSSR count). The van der Waals surface area contributed by atoms with E-state index in [1.807, 2.05) is 6.08 Å². The van der Waals surface area contributed by atoms with E-state index in [0.29, 0.717) is 17.8 Å². The molecule has 3 nitrogen and oxygen atoms in total. The van der Waals surface area contributed by atoms with Gasteiger partial charge in [0.15, 0.2) is 0 Å². The van der Waals surface area contributed by atoms with Gasteiger partial charge >= 0.3 is 0 Å². The third kappa shape index (κ3) is 2.02. The van der Waals surface area contributed by atoms with E-state index in [0.717, 1.165) is 44.3 Å². The number of rotatable bonds is 1. The molecule has 0 aromatic rings. The molecule has 2 N–H and O–H groups in total. The summed E-state index contributed by atoms with van der Waals surface area (Å²) in [5.41, 5.74) is 1.65. The number of fused-ring (bicyclic) bond motifs is 5. The average molecular weight is 318 g/mol. The van der Waals surface area contributed by atoms with Crippen LogP contribution in [0.3, 0.4) is 0 Å². The highest BCUT2D eigenvalue weighted by Crippen LogP contribution is 2.64. The van der Waals surface area contributed by atoms with Crippen LogP contribution < -0.4 is 0 Å². The van der Waals surface area contributed by atoms with Gasteiger partial charge in [-0.1, -0.05) is 26.0 Å². The van der Waals surface area contributed by atoms with E-state index in [9.17, 15) is 10.2 Å². The molecule has 0 saturated heterocycles. The van der Waals surface area contributed by atoms with Gasteiger partial charge in [-0.25, -0.2) is 0 Å². The van der Waals surface area contributed by atoms with Crippen molar-refractivity contribution in [1.29, 1.82) is 0 Å². The molecule has 23 heavy (non-hydrogen) atoms. The summed E-state index contributed by atoms with van der Waals surface area (Å²) in [4.78, 5) is 0. The molecule has 4 aliphatic rings. The first-order chi connectivity index (χ1) is 10.9. The number of aliphatic hydroxyl groups excluding tert-OH is 2. The van der Waals surface area contributed by atoms with Crippen LogP contribution in [-0.2, 0) is 4.74 Å². The van der Waals surface area contributed by atoms with Crippen LogP contribution >= 0.6 is 0 Å². The molecule has 0 amide bonds. The monoisotopic (exact) mass is 318 g/mol. The molecule has 2 saturated carbocycles. The minimum absolute atomic E-state index is 0.0245. The van der Waals surface area contributed by atoms with E-state index in [-0.39, 0.29) is 23.0 Å². The Labute approximate surface area is 139 Å². The Morgan fingerprint density at radius 1 is 1.13 bits per heavy atom. The average Bonchev–Trinajstić information content (AvgIpc) is 2.83. The topological polar surface area (TPSA) is 49.7 Å². The Bertz CT molecular complexity index is 565. The first-order valence-electron chi connectivity index (χ1n) is 9.22. The van der Waals surface area contributed by atoms with Crippen LogP contribution in [0.4, 0.5) is 0 Å². The third-order valence-corrected chi connectivity index (χ3v) is 7.84. The Morgan fingerprint density at radius 3 is 2.65 bits per heavy atom. The van der Waals surface area contributed by atoms with E-state index in [1.165, 1.54) is 5.57 Å². The number of methoxy groups -OCH3 is 1. The summed E-state index contributed by atoms with van der Waals surface area (Å²) in [7, 11) is 1.80. The van der Waals surface area contributed by atoms with Crippen molar-refractivity contribution in [3.05, 3.63) is 23.5 Å². The van der Waals surface area contributed by atoms with E-state index in [1.54, 1.807) is 7.11 Å². The summed E-state index contributed by atoms with van der Waals surface area (Å²) < 4.78 is 5.87. The van der Waals surface area contributed by atoms with Crippen LogP contribution in [0.15, 0.2) is 23.5 Å². The van der Waals surface area contributed by atoms with Crippen molar-refractivity contribution < 1.29 is 14.9 Å². The second-order valence-corrected chi connectivity index (χ2v) is 8.75. The van der Waals surface area contributed by atoms with Gasteiger partial charge in [0, 0.05) is 11.8 Å². The zero-order valence-electron chi connectivity index (χ0n) is 14.6. The molecule has 0 radical (unpaired) electrons. The van der Waals surface area contributed by atoms with Crippen molar-refractivity contribution in [2.75, 3.05) is 7.11 Å². The lowest BCUT2D eigenvalue weighted by atomic mass is 9.49. The molecular formula is C20H30O3. The van der Waals surface area contributed by atoms with Crippen molar-refractivity contribution in [3.8, 4) is 0 Å². The maximum atomic E-state index is 10.6. The predicted molar refractivity (Wildman–Crippen MR) is 89.6 cm³/mol. The van der Waals surface area contributed by atoms with E-state index in [4.69, 9.17) is 4.74 Å². The summed E-state index contributed by atoms with van der Waals surface area (Å²) in [5, 5.41) is 20.6. The third-order valence-electron chi connectivity index (χ3n) is 7.84. The summed E-state index contributed by atoms with van der Waals surface area (Å²) in [6.07, 6.45) is 9.81. The van der Waals surface area contributed by atoms with Gasteiger partial charge in [0.05, 0.1) is 25.1 Å². The van der Waals surface area contributed by atoms with Crippen LogP contribution in [0.5, 0.6) is 0 Å². The van der Waals surface area contributed by atoms with Crippen molar-refractivity contribution >= 4 is 0 Å². The fourth-order valence-corrected chi connectivity index (χ4v) is 6.28. The molecule has 0 aliphatic heterocycles. The zero-order chi connectivity index (χ0) is 16.4. The smallest absolute Gasteiger partial charge is 0.0956 e. The lowest BCUT2D eigenvalue weighted by Gasteiger charge is -2.56. The maximum Gasteiger partial charge on any atom is 0.0956 e. The van der Waals surface area contributed by atoms with Gasteiger partial charge in [-0.05, 0) is 60.8 Å². The van der Waals surface area contributed by atoms with Crippen LogP contribution in [-0.4, -0.2) is 29.5 Å². The van der Waals surface area contributed by atoms with Gasteiger partial charge in [-0.3, -0.25) is 0 Å². The molecule has 3 heteroatoms. The van der Waals surface area contributed by atoms with Gasteiger partial charge in [-0.2, -0.15) is 0 Å². The van der Waals surface area contributed by atoms with E-state index >= 15 is 0 Å². The number of aliphatic hydroxyl groups is 2. The van der Waals surface area contributed by atoms with Crippen LogP contribution in [0.1, 0.15) is 52.4 Å². The van der Waals surface area contributed by atoms with Crippen LogP contribution in [0, 0.1) is 28.6 Å². The molecule has 0 aromatic heterocycles. The van der Waals surface area contributed by atoms with Gasteiger partial charge in [0.2, 0.25) is 0 Å². The SMILES string of the molecule is COC1=C2[C@H](CC[C@]3(C)[C@@H](O)CC[C@@H]23)[C@@]2(C)C=C[C@H](O)C[C@H]2C1. The van der Waals surface area contributed by atoms with Gasteiger partial charge in [-0.15, -0.1) is 0 Å². The quantitative estimate of drug-likeness (QED) is 0.728. The number of hydrogen-bond acceptors (Lipinski definition) is 3. The molecule has 0 unspecified atom stereocenters. The molecule has 2 fully saturated rings. The Morgan fingerprint density at radius 2 is 1.91 bits per heavy atom. The highest BCUT2D eigenvalue weighted by Gasteiger charge is 2.58. The van der Waals surface area contributed by atoms with Crippen molar-refractivity contribution in [3.63, 3.8) is 0 Å². The predicted octanol–water partition coefficient (Wildman–Crippen LogP) is 3.42. The van der Waals surface area contributed by atoms with Crippen LogP contribution in [0.2, 0.25) is 0 Å². The van der Waals surface area contributed by atoms with Gasteiger partial charge in [0.1, 0.15) is 0 Å². The standard InChI is InChI=1S/C20H30O3/c1-19-8-6-13(21)10-12(19)11-16(23-3)18-14-4-5-17(22)20(14,2)9-7-15(18)19/h6,8,12-15,17,21-22H,4-5,7,9-11H2,1-3H3/t12-,13-,14-,15-,17-,19-,20-/m0/s1. The highest BCUT2D eigenvalue weighted by molar-refractivity contribution is 5.33. The van der Waals surface area contributed by atoms with Crippen molar-refractivity contribution in [2.45, 2.75) is 64.6 Å². The molecule has 0 bridgehead atoms. The Hall–Kier alpha value is -0.800. The summed E-state index contributed by atoms with van der Waals surface area (Å²) in [6.45, 7) is 4.66. The summed E-state index contributed by atoms with van der Waals surface area (Å²) in [6, 6.07) is 0. The van der Waals surface area contributed by atoms with Gasteiger partial charge < -0.3 is 14.9 Å². The largest absolute Gasteiger partial charge is 0.501 e. The number of hydrogen-bond donors (Lipinski definition) is 2. The zero-order valence-corrected chi connectivity index (χ0v) is 14.6. The molecular weight excluding hydrogens is 288 g/mol. The summed E-state index contributed by atoms with van der Waals surface area (Å²) in [5.74, 6) is 2.58. The van der Waals surface area contributed by atoms with Gasteiger partial charge in [0.25, 0.3) is 0 Å². The van der Waals surface area contributed by atoms with E-state index in [2.05, 4.69) is 19.9 Å². The second-order valence-electron chi connectivity index (χ2n) is 8.75. The molecule has 128 valence electrons. The molecule has 0 aromatic carbocycles. The molecule has 0 heterocycles. The Balaban J connectivity index is 1.80. The first-order valence-corrected chi connectivity index (χ1v) is 9.22. The minimum Gasteiger partial charge on any atom is -0.501 e. The second kappa shape index (κ2) is 5.10. The minimum atomic E-state index is -0.310. The van der Waals surface area contributed by atoms with Crippen molar-refractivity contribution in [1.82, 2.24) is 0 Å². The van der Waals surface area contributed by atoms with E-state index < -0.39 is 0 Å². The summed E-state index contributed by atoms with van der Waals surface area (Å²) >= 11 is 0. The van der Waals surface area contributed by atoms with Crippen LogP contribution in [0.25, 0.3) is 0 Å². The molecule has 0 spiro atoms. The highest BCUT2D eigenvalue weighted by atomic mass is 16.5. The molecule has 7 atom stereocenters. The number of ether oxygens (including phenoxy) is 1. The van der Waals surface area contributed by atoms with Crippen molar-refractivity contribution in [2.24, 2.45) is 28.6 Å². The fourth-order valence-electron chi connectivity index (χ4n) is 6.28. The fraction of sp³-hybridized carbons (Fsp3) is 0.800. The lowest BCUT2D eigenvalue weighted by molar-refractivity contribution is -0.0178.